The van der Waals surface area contributed by atoms with E-state index in [1.165, 1.54) is 89.8 Å². The number of fused-ring (bicyclic) bond motifs is 2. The van der Waals surface area contributed by atoms with Crippen molar-refractivity contribution < 1.29 is 27.9 Å². The van der Waals surface area contributed by atoms with E-state index in [2.05, 4.69) is 28.8 Å². The summed E-state index contributed by atoms with van der Waals surface area (Å²) in [5, 5.41) is 1.79. The number of rotatable bonds is 27. The largest absolute Gasteiger partial charge is 0.422 e. The van der Waals surface area contributed by atoms with Crippen LogP contribution >= 0.6 is 7.60 Å². The van der Waals surface area contributed by atoms with Crippen molar-refractivity contribution in [2.75, 3.05) is 32.7 Å². The molecule has 0 saturated carbocycles. The first-order valence-corrected chi connectivity index (χ1v) is 20.5. The summed E-state index contributed by atoms with van der Waals surface area (Å²) in [6, 6.07) is 12.6. The molecular formula is C38H58N5O6P. The average Bonchev–Trinajstić information content (AvgIpc) is 3.52. The molecule has 2 aromatic carbocycles. The zero-order valence-corrected chi connectivity index (χ0v) is 31.1. The van der Waals surface area contributed by atoms with Gasteiger partial charge in [-0.25, -0.2) is 4.57 Å². The van der Waals surface area contributed by atoms with Crippen LogP contribution in [0.4, 0.5) is 0 Å². The Morgan fingerprint density at radius 2 is 1.50 bits per heavy atom. The number of nitrogens with zero attached hydrogens (tertiary/aromatic N) is 4. The van der Waals surface area contributed by atoms with Crippen LogP contribution in [0.25, 0.3) is 10.8 Å². The number of amidine groups is 1. The summed E-state index contributed by atoms with van der Waals surface area (Å²) in [6.45, 7) is 5.22. The van der Waals surface area contributed by atoms with Gasteiger partial charge in [-0.1, -0.05) is 133 Å². The van der Waals surface area contributed by atoms with Gasteiger partial charge in [0.05, 0.1) is 32.3 Å². The molecule has 276 valence electrons. The van der Waals surface area contributed by atoms with Gasteiger partial charge in [0.1, 0.15) is 11.6 Å². The third-order valence-corrected chi connectivity index (χ3v) is 10.6. The quantitative estimate of drug-likeness (QED) is 0.0718. The molecule has 0 radical (unpaired) electrons. The number of hydrogen-bond donors (Lipinski definition) is 1. The second kappa shape index (κ2) is 22.0. The van der Waals surface area contributed by atoms with Crippen LogP contribution in [-0.2, 0) is 23.4 Å². The Hall–Kier alpha value is -3.11. The van der Waals surface area contributed by atoms with Gasteiger partial charge >= 0.3 is 7.60 Å². The van der Waals surface area contributed by atoms with Crippen molar-refractivity contribution in [2.45, 2.75) is 122 Å². The second-order valence-electron chi connectivity index (χ2n) is 13.3. The van der Waals surface area contributed by atoms with Crippen LogP contribution in [-0.4, -0.2) is 73.8 Å². The molecule has 0 spiro atoms. The monoisotopic (exact) mass is 711 g/mol. The lowest BCUT2D eigenvalue weighted by Crippen LogP contribution is -2.41. The fraction of sp³-hybridized carbons (Fsp3) is 0.632. The highest BCUT2D eigenvalue weighted by atomic mass is 31.2. The summed E-state index contributed by atoms with van der Waals surface area (Å²) in [5.74, 6) is 0.305. The zero-order chi connectivity index (χ0) is 35.4. The molecule has 0 bridgehead atoms. The van der Waals surface area contributed by atoms with Crippen molar-refractivity contribution in [1.29, 1.82) is 0 Å². The van der Waals surface area contributed by atoms with E-state index in [4.69, 9.17) is 24.3 Å². The van der Waals surface area contributed by atoms with Crippen LogP contribution in [0, 0.1) is 0 Å². The molecule has 0 fully saturated rings. The predicted octanol–water partition coefficient (Wildman–Crippen LogP) is 8.64. The van der Waals surface area contributed by atoms with Crippen LogP contribution in [0.1, 0.15) is 110 Å². The normalized spacial score (nSPS) is 17.4. The molecule has 0 aromatic heterocycles. The molecule has 1 amide bonds. The van der Waals surface area contributed by atoms with Crippen LogP contribution in [0.15, 0.2) is 57.4 Å². The fourth-order valence-corrected chi connectivity index (χ4v) is 7.55. The van der Waals surface area contributed by atoms with E-state index in [1.54, 1.807) is 11.0 Å². The first kappa shape index (κ1) is 39.7. The number of aliphatic imine (C=N–C) groups is 3. The smallest absolute Gasteiger partial charge is 0.404 e. The van der Waals surface area contributed by atoms with E-state index in [0.29, 0.717) is 24.7 Å². The molecule has 2 aliphatic heterocycles. The molecule has 0 saturated heterocycles. The maximum absolute atomic E-state index is 14.0. The summed E-state index contributed by atoms with van der Waals surface area (Å²) < 4.78 is 37.8. The van der Waals surface area contributed by atoms with Gasteiger partial charge in [0.15, 0.2) is 12.4 Å². The average molecular weight is 712 g/mol. The molecule has 11 nitrogen and oxygen atoms in total. The Morgan fingerprint density at radius 1 is 0.840 bits per heavy atom. The molecule has 2 heterocycles. The van der Waals surface area contributed by atoms with Crippen molar-refractivity contribution in [2.24, 2.45) is 20.7 Å². The van der Waals surface area contributed by atoms with Gasteiger partial charge in [-0.3, -0.25) is 14.3 Å². The lowest BCUT2D eigenvalue weighted by atomic mass is 10.0. The van der Waals surface area contributed by atoms with Crippen molar-refractivity contribution in [3.8, 4) is 5.75 Å². The lowest BCUT2D eigenvalue weighted by Gasteiger charge is -2.22. The standard InChI is InChI=1S/C38H58N5O6P/c1-3-4-5-6-7-8-9-10-11-12-13-14-15-16-20-31(2)47-27-28-48-50(45,49-34-24-19-22-32-21-17-18-23-33(32)34)30-46-26-25-43-29-40-35-36(43)41-38(39)42-37(35)44/h17-19,21-24,29,31,35H,3-16,20,25-28,30H2,1-2H3,(H2,39,42,44). The lowest BCUT2D eigenvalue weighted by molar-refractivity contribution is -0.117. The van der Waals surface area contributed by atoms with Crippen LogP contribution in [0.3, 0.4) is 0 Å². The third-order valence-electron chi connectivity index (χ3n) is 9.03. The number of nitrogens with two attached hydrogens (primary N) is 1. The Labute approximate surface area is 298 Å². The van der Waals surface area contributed by atoms with Crippen LogP contribution < -0.4 is 10.3 Å². The number of guanidine groups is 1. The molecule has 3 atom stereocenters. The van der Waals surface area contributed by atoms with Gasteiger partial charge in [-0.2, -0.15) is 9.98 Å². The first-order chi connectivity index (χ1) is 24.4. The SMILES string of the molecule is CCCCCCCCCCCCCCCCC(C)OCCOP(=O)(COCCN1C=NC2C(=O)N=C(N)N=C21)Oc1cccc2ccccc12. The fourth-order valence-electron chi connectivity index (χ4n) is 6.21. The second-order valence-corrected chi connectivity index (χ2v) is 15.2. The van der Waals surface area contributed by atoms with Crippen molar-refractivity contribution in [1.82, 2.24) is 4.90 Å². The molecule has 2 aromatic rings. The molecule has 4 rings (SSSR count). The van der Waals surface area contributed by atoms with Gasteiger partial charge in [0, 0.05) is 11.9 Å². The van der Waals surface area contributed by atoms with E-state index in [-0.39, 0.29) is 31.6 Å². The van der Waals surface area contributed by atoms with E-state index < -0.39 is 19.5 Å². The van der Waals surface area contributed by atoms with Gasteiger partial charge in [0.2, 0.25) is 5.96 Å². The Balaban J connectivity index is 1.14. The molecule has 12 heteroatoms. The highest BCUT2D eigenvalue weighted by Crippen LogP contribution is 2.49. The number of carbonyl (C=O) groups excluding carboxylic acids is 1. The van der Waals surface area contributed by atoms with Crippen LogP contribution in [0.2, 0.25) is 0 Å². The first-order valence-electron chi connectivity index (χ1n) is 18.8. The molecule has 3 unspecified atom stereocenters. The minimum atomic E-state index is -3.75. The summed E-state index contributed by atoms with van der Waals surface area (Å²) in [6.07, 6.45) is 21.1. The van der Waals surface area contributed by atoms with E-state index >= 15 is 0 Å². The van der Waals surface area contributed by atoms with E-state index in [1.807, 2.05) is 36.4 Å². The van der Waals surface area contributed by atoms with Crippen LogP contribution in [0.5, 0.6) is 5.75 Å². The Kier molecular flexibility index (Phi) is 17.4. The third kappa shape index (κ3) is 13.5. The van der Waals surface area contributed by atoms with Gasteiger partial charge < -0.3 is 24.6 Å². The highest BCUT2D eigenvalue weighted by molar-refractivity contribution is 7.54. The molecule has 50 heavy (non-hydrogen) atoms. The highest BCUT2D eigenvalue weighted by Gasteiger charge is 2.35. The minimum absolute atomic E-state index is 0.0881. The van der Waals surface area contributed by atoms with E-state index in [9.17, 15) is 9.36 Å². The van der Waals surface area contributed by atoms with Gasteiger partial charge in [0.25, 0.3) is 5.91 Å². The zero-order valence-electron chi connectivity index (χ0n) is 30.2. The number of carbonyl (C=O) groups is 1. The molecular weight excluding hydrogens is 653 g/mol. The number of unbranched alkanes of at least 4 members (excludes halogenated alkanes) is 13. The Morgan fingerprint density at radius 3 is 2.22 bits per heavy atom. The molecule has 2 N–H and O–H groups in total. The van der Waals surface area contributed by atoms with Crippen molar-refractivity contribution in [3.05, 3.63) is 42.5 Å². The summed E-state index contributed by atoms with van der Waals surface area (Å²) in [7, 11) is -3.75. The van der Waals surface area contributed by atoms with Crippen molar-refractivity contribution >= 4 is 42.4 Å². The summed E-state index contributed by atoms with van der Waals surface area (Å²) in [5.41, 5.74) is 5.67. The predicted molar refractivity (Wildman–Crippen MR) is 202 cm³/mol. The van der Waals surface area contributed by atoms with E-state index in [0.717, 1.165) is 23.6 Å². The summed E-state index contributed by atoms with van der Waals surface area (Å²) >= 11 is 0. The maximum atomic E-state index is 14.0. The number of hydrogen-bond acceptors (Lipinski definition) is 10. The molecule has 0 aliphatic carbocycles. The molecule has 2 aliphatic rings. The van der Waals surface area contributed by atoms with Gasteiger partial charge in [-0.15, -0.1) is 0 Å². The summed E-state index contributed by atoms with van der Waals surface area (Å²) in [4.78, 5) is 25.7. The number of amides is 1. The maximum Gasteiger partial charge on any atom is 0.404 e. The van der Waals surface area contributed by atoms with Gasteiger partial charge in [-0.05, 0) is 24.8 Å². The topological polar surface area (TPSA) is 137 Å². The minimum Gasteiger partial charge on any atom is -0.422 e. The number of ether oxygens (including phenoxy) is 2. The van der Waals surface area contributed by atoms with Crippen molar-refractivity contribution in [3.63, 3.8) is 0 Å². The Bertz CT molecular complexity index is 1460. The number of benzene rings is 2.